The Morgan fingerprint density at radius 1 is 1.32 bits per heavy atom. The second kappa shape index (κ2) is 5.40. The molecule has 0 spiro atoms. The van der Waals surface area contributed by atoms with Crippen molar-refractivity contribution in [3.05, 3.63) is 27.2 Å². The minimum Gasteiger partial charge on any atom is -0.339 e. The minimum atomic E-state index is -0.336. The molecular formula is C12H19N5O2. The van der Waals surface area contributed by atoms with Crippen molar-refractivity contribution in [1.82, 2.24) is 24.0 Å². The summed E-state index contributed by atoms with van der Waals surface area (Å²) in [5.74, 6) is 0. The molecule has 0 bridgehead atoms. The first kappa shape index (κ1) is 13.5. The summed E-state index contributed by atoms with van der Waals surface area (Å²) in [5, 5.41) is 0. The molecule has 2 aromatic heterocycles. The molecule has 1 N–H and O–H groups in total. The summed E-state index contributed by atoms with van der Waals surface area (Å²) < 4.78 is 2.66. The number of aromatic amines is 1. The fourth-order valence-corrected chi connectivity index (χ4v) is 2.16. The van der Waals surface area contributed by atoms with Crippen molar-refractivity contribution < 1.29 is 0 Å². The molecule has 2 aromatic rings. The van der Waals surface area contributed by atoms with Crippen LogP contribution in [-0.4, -0.2) is 43.6 Å². The smallest absolute Gasteiger partial charge is 0.332 e. The average molecular weight is 265 g/mol. The van der Waals surface area contributed by atoms with Crippen molar-refractivity contribution in [2.45, 2.75) is 20.4 Å². The van der Waals surface area contributed by atoms with Crippen LogP contribution in [0.15, 0.2) is 15.9 Å². The van der Waals surface area contributed by atoms with E-state index in [0.29, 0.717) is 17.7 Å². The summed E-state index contributed by atoms with van der Waals surface area (Å²) in [6.45, 7) is 7.30. The molecule has 0 saturated carbocycles. The van der Waals surface area contributed by atoms with Gasteiger partial charge in [0.05, 0.1) is 6.33 Å². The van der Waals surface area contributed by atoms with Crippen LogP contribution in [0.5, 0.6) is 0 Å². The number of likely N-dealkylation sites (N-methyl/N-ethyl adjacent to an activating group) is 1. The van der Waals surface area contributed by atoms with Crippen molar-refractivity contribution in [3.63, 3.8) is 0 Å². The van der Waals surface area contributed by atoms with Gasteiger partial charge in [-0.1, -0.05) is 13.8 Å². The molecule has 2 heterocycles. The summed E-state index contributed by atoms with van der Waals surface area (Å²) in [7, 11) is 1.48. The lowest BCUT2D eigenvalue weighted by molar-refractivity contribution is 0.289. The molecule has 0 unspecified atom stereocenters. The standard InChI is InChI=1S/C12H19N5O2/c1-4-16(5-2)6-7-17-10-9(13-8-14-10)11(18)15(3)12(17)19/h8H,4-7H2,1-3H3,(H,13,14). The van der Waals surface area contributed by atoms with Crippen LogP contribution in [0, 0.1) is 0 Å². The number of hydrogen-bond donors (Lipinski definition) is 1. The molecule has 2 rings (SSSR count). The predicted octanol–water partition coefficient (Wildman–Crippen LogP) is -0.235. The van der Waals surface area contributed by atoms with Crippen LogP contribution in [0.2, 0.25) is 0 Å². The molecule has 0 aliphatic rings. The monoisotopic (exact) mass is 265 g/mol. The highest BCUT2D eigenvalue weighted by atomic mass is 16.2. The fourth-order valence-electron chi connectivity index (χ4n) is 2.16. The molecule has 0 radical (unpaired) electrons. The molecule has 7 heteroatoms. The summed E-state index contributed by atoms with van der Waals surface area (Å²) >= 11 is 0. The van der Waals surface area contributed by atoms with E-state index >= 15 is 0 Å². The third-order valence-electron chi connectivity index (χ3n) is 3.45. The van der Waals surface area contributed by atoms with E-state index in [2.05, 4.69) is 28.7 Å². The van der Waals surface area contributed by atoms with E-state index in [1.54, 1.807) is 4.57 Å². The maximum Gasteiger partial charge on any atom is 0.332 e. The molecule has 0 aliphatic carbocycles. The lowest BCUT2D eigenvalue weighted by Crippen LogP contribution is -2.40. The summed E-state index contributed by atoms with van der Waals surface area (Å²) in [6, 6.07) is 0. The van der Waals surface area contributed by atoms with Crippen LogP contribution < -0.4 is 11.2 Å². The molecule has 0 amide bonds. The van der Waals surface area contributed by atoms with Gasteiger partial charge in [0.1, 0.15) is 5.52 Å². The van der Waals surface area contributed by atoms with Gasteiger partial charge in [0.15, 0.2) is 5.65 Å². The molecular weight excluding hydrogens is 246 g/mol. The quantitative estimate of drug-likeness (QED) is 0.810. The molecule has 0 fully saturated rings. The van der Waals surface area contributed by atoms with E-state index in [0.717, 1.165) is 24.2 Å². The van der Waals surface area contributed by atoms with Gasteiger partial charge in [-0.15, -0.1) is 0 Å². The van der Waals surface area contributed by atoms with E-state index in [4.69, 9.17) is 0 Å². The number of nitrogens with zero attached hydrogens (tertiary/aromatic N) is 4. The van der Waals surface area contributed by atoms with E-state index in [-0.39, 0.29) is 11.2 Å². The number of imidazole rings is 1. The number of H-pyrrole nitrogens is 1. The van der Waals surface area contributed by atoms with Crippen LogP contribution in [0.1, 0.15) is 13.8 Å². The van der Waals surface area contributed by atoms with Gasteiger partial charge in [0, 0.05) is 20.1 Å². The maximum absolute atomic E-state index is 12.1. The van der Waals surface area contributed by atoms with Crippen molar-refractivity contribution in [2.75, 3.05) is 19.6 Å². The van der Waals surface area contributed by atoms with Crippen LogP contribution in [0.4, 0.5) is 0 Å². The molecule has 0 saturated heterocycles. The van der Waals surface area contributed by atoms with E-state index < -0.39 is 0 Å². The molecule has 0 aliphatic heterocycles. The van der Waals surface area contributed by atoms with Gasteiger partial charge in [0.25, 0.3) is 5.56 Å². The molecule has 7 nitrogen and oxygen atoms in total. The topological polar surface area (TPSA) is 75.9 Å². The highest BCUT2D eigenvalue weighted by molar-refractivity contribution is 5.68. The summed E-state index contributed by atoms with van der Waals surface area (Å²) in [4.78, 5) is 33.1. The Hall–Kier alpha value is -1.89. The third kappa shape index (κ3) is 2.33. The first-order valence-electron chi connectivity index (χ1n) is 6.45. The van der Waals surface area contributed by atoms with Crippen molar-refractivity contribution in [3.8, 4) is 0 Å². The number of nitrogens with one attached hydrogen (secondary N) is 1. The SMILES string of the molecule is CCN(CC)CCn1c(=O)n(C)c(=O)c2[nH]cnc21. The third-order valence-corrected chi connectivity index (χ3v) is 3.45. The number of hydrogen-bond acceptors (Lipinski definition) is 4. The molecule has 0 aromatic carbocycles. The zero-order valence-electron chi connectivity index (χ0n) is 11.5. The molecule has 19 heavy (non-hydrogen) atoms. The van der Waals surface area contributed by atoms with Gasteiger partial charge in [-0.3, -0.25) is 13.9 Å². The van der Waals surface area contributed by atoms with Crippen LogP contribution in [-0.2, 0) is 13.6 Å². The Labute approximate surface area is 110 Å². The second-order valence-corrected chi connectivity index (χ2v) is 4.43. The maximum atomic E-state index is 12.1. The first-order valence-corrected chi connectivity index (χ1v) is 6.45. The number of fused-ring (bicyclic) bond motifs is 1. The average Bonchev–Trinajstić information content (AvgIpc) is 2.90. The largest absolute Gasteiger partial charge is 0.339 e. The van der Waals surface area contributed by atoms with Crippen LogP contribution in [0.25, 0.3) is 11.2 Å². The van der Waals surface area contributed by atoms with Crippen molar-refractivity contribution in [2.24, 2.45) is 7.05 Å². The first-order chi connectivity index (χ1) is 9.10. The summed E-state index contributed by atoms with van der Waals surface area (Å²) in [6.07, 6.45) is 1.44. The Balaban J connectivity index is 2.45. The van der Waals surface area contributed by atoms with E-state index in [1.165, 1.54) is 13.4 Å². The number of aromatic nitrogens is 4. The van der Waals surface area contributed by atoms with Crippen LogP contribution in [0.3, 0.4) is 0 Å². The Morgan fingerprint density at radius 3 is 2.63 bits per heavy atom. The molecule has 0 atom stereocenters. The van der Waals surface area contributed by atoms with Gasteiger partial charge in [0.2, 0.25) is 0 Å². The van der Waals surface area contributed by atoms with Gasteiger partial charge in [-0.2, -0.15) is 0 Å². The van der Waals surface area contributed by atoms with Crippen molar-refractivity contribution in [1.29, 1.82) is 0 Å². The van der Waals surface area contributed by atoms with Gasteiger partial charge >= 0.3 is 5.69 Å². The lowest BCUT2D eigenvalue weighted by Gasteiger charge is -2.18. The van der Waals surface area contributed by atoms with Gasteiger partial charge in [-0.25, -0.2) is 9.78 Å². The molecule has 104 valence electrons. The highest BCUT2D eigenvalue weighted by Gasteiger charge is 2.13. The predicted molar refractivity (Wildman–Crippen MR) is 73.4 cm³/mol. The zero-order chi connectivity index (χ0) is 14.0. The van der Waals surface area contributed by atoms with Gasteiger partial charge < -0.3 is 9.88 Å². The van der Waals surface area contributed by atoms with E-state index in [1.807, 2.05) is 0 Å². The summed E-state index contributed by atoms with van der Waals surface area (Å²) in [5.41, 5.74) is 0.148. The fraction of sp³-hybridized carbons (Fsp3) is 0.583. The Kier molecular flexibility index (Phi) is 3.84. The minimum absolute atomic E-state index is 0.322. The van der Waals surface area contributed by atoms with Crippen LogP contribution >= 0.6 is 0 Å². The highest BCUT2D eigenvalue weighted by Crippen LogP contribution is 2.01. The Morgan fingerprint density at radius 2 is 2.00 bits per heavy atom. The normalized spacial score (nSPS) is 11.6. The Bertz CT molecular complexity index is 677. The zero-order valence-corrected chi connectivity index (χ0v) is 11.5. The van der Waals surface area contributed by atoms with Gasteiger partial charge in [-0.05, 0) is 13.1 Å². The lowest BCUT2D eigenvalue weighted by atomic mass is 10.4. The van der Waals surface area contributed by atoms with E-state index in [9.17, 15) is 9.59 Å². The number of rotatable bonds is 5. The van der Waals surface area contributed by atoms with Crippen molar-refractivity contribution >= 4 is 11.2 Å². The second-order valence-electron chi connectivity index (χ2n) is 4.43.